The first-order chi connectivity index (χ1) is 7.69. The summed E-state index contributed by atoms with van der Waals surface area (Å²) in [5, 5.41) is 0. The van der Waals surface area contributed by atoms with Crippen LogP contribution in [-0.2, 0) is 14.4 Å². The molecule has 0 aromatic carbocycles. The molecule has 0 unspecified atom stereocenters. The van der Waals surface area contributed by atoms with E-state index in [-0.39, 0.29) is 17.9 Å². The van der Waals surface area contributed by atoms with Crippen LogP contribution in [0.3, 0.4) is 0 Å². The van der Waals surface area contributed by atoms with Gasteiger partial charge in [-0.25, -0.2) is 10.3 Å². The van der Waals surface area contributed by atoms with Crippen LogP contribution in [0.1, 0.15) is 19.8 Å². The molecule has 1 aliphatic heterocycles. The molecule has 0 aromatic rings. The molecule has 1 atom stereocenters. The Morgan fingerprint density at radius 2 is 2.25 bits per heavy atom. The number of rotatable bonds is 3. The molecule has 0 bridgehead atoms. The molecule has 1 aliphatic rings. The van der Waals surface area contributed by atoms with Crippen LogP contribution in [0.25, 0.3) is 0 Å². The second-order valence-electron chi connectivity index (χ2n) is 3.65. The maximum absolute atomic E-state index is 11.5. The molecule has 6 heteroatoms. The van der Waals surface area contributed by atoms with Gasteiger partial charge in [-0.05, 0) is 19.8 Å². The summed E-state index contributed by atoms with van der Waals surface area (Å²) in [5.74, 6) is -0.394. The first-order valence-electron chi connectivity index (χ1n) is 5.43. The van der Waals surface area contributed by atoms with Crippen molar-refractivity contribution in [3.05, 3.63) is 0 Å². The van der Waals surface area contributed by atoms with Gasteiger partial charge in [0, 0.05) is 13.1 Å². The molecule has 0 saturated carbocycles. The van der Waals surface area contributed by atoms with Gasteiger partial charge in [-0.3, -0.25) is 9.63 Å². The lowest BCUT2D eigenvalue weighted by Gasteiger charge is -2.30. The van der Waals surface area contributed by atoms with Crippen LogP contribution in [0.5, 0.6) is 0 Å². The van der Waals surface area contributed by atoms with E-state index in [0.717, 1.165) is 12.8 Å². The van der Waals surface area contributed by atoms with Crippen LogP contribution < -0.4 is 5.48 Å². The minimum atomic E-state index is -0.350. The number of amides is 2. The number of hydroxylamine groups is 1. The van der Waals surface area contributed by atoms with Crippen molar-refractivity contribution < 1.29 is 19.2 Å². The van der Waals surface area contributed by atoms with Crippen LogP contribution in [0, 0.1) is 5.92 Å². The molecule has 2 amide bonds. The maximum atomic E-state index is 11.5. The van der Waals surface area contributed by atoms with E-state index in [2.05, 4.69) is 10.3 Å². The Hall–Kier alpha value is -1.30. The summed E-state index contributed by atoms with van der Waals surface area (Å²) in [6.07, 6.45) is 1.23. The zero-order chi connectivity index (χ0) is 12.0. The van der Waals surface area contributed by atoms with Crippen molar-refractivity contribution in [1.29, 1.82) is 0 Å². The molecule has 0 aliphatic carbocycles. The topological polar surface area (TPSA) is 67.9 Å². The van der Waals surface area contributed by atoms with E-state index in [9.17, 15) is 9.59 Å². The normalized spacial score (nSPS) is 20.4. The van der Waals surface area contributed by atoms with Gasteiger partial charge in [-0.1, -0.05) is 0 Å². The summed E-state index contributed by atoms with van der Waals surface area (Å²) in [5.41, 5.74) is 2.29. The van der Waals surface area contributed by atoms with E-state index >= 15 is 0 Å². The van der Waals surface area contributed by atoms with Gasteiger partial charge < -0.3 is 9.64 Å². The highest BCUT2D eigenvalue weighted by Crippen LogP contribution is 2.17. The van der Waals surface area contributed by atoms with Gasteiger partial charge in [0.15, 0.2) is 0 Å². The van der Waals surface area contributed by atoms with Gasteiger partial charge in [-0.15, -0.1) is 0 Å². The third-order valence-electron chi connectivity index (χ3n) is 2.52. The largest absolute Gasteiger partial charge is 0.450 e. The van der Waals surface area contributed by atoms with Gasteiger partial charge in [0.1, 0.15) is 0 Å². The fourth-order valence-corrected chi connectivity index (χ4v) is 1.76. The van der Waals surface area contributed by atoms with Crippen LogP contribution in [0.4, 0.5) is 4.79 Å². The predicted octanol–water partition coefficient (Wildman–Crippen LogP) is 0.532. The summed E-state index contributed by atoms with van der Waals surface area (Å²) in [6, 6.07) is 0. The van der Waals surface area contributed by atoms with E-state index in [4.69, 9.17) is 4.74 Å². The van der Waals surface area contributed by atoms with Crippen molar-refractivity contribution in [2.45, 2.75) is 19.8 Å². The quantitative estimate of drug-likeness (QED) is 0.718. The van der Waals surface area contributed by atoms with Crippen LogP contribution in [-0.4, -0.2) is 43.7 Å². The van der Waals surface area contributed by atoms with Crippen molar-refractivity contribution in [2.75, 3.05) is 26.8 Å². The molecule has 1 heterocycles. The number of carbonyl (C=O) groups is 2. The molecule has 0 radical (unpaired) electrons. The monoisotopic (exact) mass is 230 g/mol. The number of hydrogen-bond acceptors (Lipinski definition) is 4. The maximum Gasteiger partial charge on any atom is 0.409 e. The Morgan fingerprint density at radius 3 is 2.88 bits per heavy atom. The number of carbonyl (C=O) groups excluding carboxylic acids is 2. The Kier molecular flexibility index (Phi) is 5.04. The summed E-state index contributed by atoms with van der Waals surface area (Å²) in [4.78, 5) is 29.1. The van der Waals surface area contributed by atoms with Gasteiger partial charge in [0.2, 0.25) is 5.91 Å². The lowest BCUT2D eigenvalue weighted by molar-refractivity contribution is -0.137. The summed E-state index contributed by atoms with van der Waals surface area (Å²) in [6.45, 7) is 3.16. The number of piperidine rings is 1. The first kappa shape index (κ1) is 12.8. The summed E-state index contributed by atoms with van der Waals surface area (Å²) < 4.78 is 4.89. The number of nitrogens with zero attached hydrogens (tertiary/aromatic N) is 1. The number of likely N-dealkylation sites (tertiary alicyclic amines) is 1. The molecular formula is C10H18N2O4. The highest BCUT2D eigenvalue weighted by molar-refractivity contribution is 5.79. The molecular weight excluding hydrogens is 212 g/mol. The van der Waals surface area contributed by atoms with Crippen LogP contribution in [0.2, 0.25) is 0 Å². The number of nitrogens with one attached hydrogen (secondary N) is 1. The highest BCUT2D eigenvalue weighted by Gasteiger charge is 2.28. The second kappa shape index (κ2) is 6.32. The van der Waals surface area contributed by atoms with Crippen molar-refractivity contribution in [1.82, 2.24) is 10.4 Å². The van der Waals surface area contributed by atoms with E-state index in [0.29, 0.717) is 19.7 Å². The Morgan fingerprint density at radius 1 is 1.50 bits per heavy atom. The van der Waals surface area contributed by atoms with Crippen molar-refractivity contribution in [3.63, 3.8) is 0 Å². The average Bonchev–Trinajstić information content (AvgIpc) is 2.30. The Balaban J connectivity index is 2.46. The average molecular weight is 230 g/mol. The molecule has 0 aromatic heterocycles. The Bertz CT molecular complexity index is 233. The molecule has 1 rings (SSSR count). The lowest BCUT2D eigenvalue weighted by Crippen LogP contribution is -2.45. The lowest BCUT2D eigenvalue weighted by atomic mass is 9.98. The van der Waals surface area contributed by atoms with Gasteiger partial charge in [-0.2, -0.15) is 0 Å². The molecule has 16 heavy (non-hydrogen) atoms. The third kappa shape index (κ3) is 3.37. The number of ether oxygens (including phenoxy) is 1. The zero-order valence-corrected chi connectivity index (χ0v) is 9.69. The van der Waals surface area contributed by atoms with E-state index in [1.54, 1.807) is 11.8 Å². The Labute approximate surface area is 94.8 Å². The van der Waals surface area contributed by atoms with Gasteiger partial charge in [0.05, 0.1) is 19.6 Å². The van der Waals surface area contributed by atoms with E-state index < -0.39 is 0 Å². The summed E-state index contributed by atoms with van der Waals surface area (Å²) >= 11 is 0. The van der Waals surface area contributed by atoms with Crippen molar-refractivity contribution in [2.24, 2.45) is 5.92 Å². The second-order valence-corrected chi connectivity index (χ2v) is 3.65. The van der Waals surface area contributed by atoms with Gasteiger partial charge in [0.25, 0.3) is 0 Å². The fourth-order valence-electron chi connectivity index (χ4n) is 1.76. The third-order valence-corrected chi connectivity index (χ3v) is 2.52. The predicted molar refractivity (Wildman–Crippen MR) is 56.5 cm³/mol. The molecule has 1 N–H and O–H groups in total. The summed E-state index contributed by atoms with van der Waals surface area (Å²) in [7, 11) is 1.39. The smallest absolute Gasteiger partial charge is 0.409 e. The zero-order valence-electron chi connectivity index (χ0n) is 9.69. The van der Waals surface area contributed by atoms with Gasteiger partial charge >= 0.3 is 6.09 Å². The van der Waals surface area contributed by atoms with E-state index in [1.165, 1.54) is 7.11 Å². The molecule has 1 saturated heterocycles. The minimum absolute atomic E-state index is 0.184. The highest BCUT2D eigenvalue weighted by atomic mass is 16.6. The molecule has 0 spiro atoms. The molecule has 6 nitrogen and oxygen atoms in total. The van der Waals surface area contributed by atoms with E-state index in [1.807, 2.05) is 0 Å². The fraction of sp³-hybridized carbons (Fsp3) is 0.800. The SMILES string of the molecule is CCOC(=O)N1CCC[C@H](C(=O)NOC)C1. The standard InChI is InChI=1S/C10H18N2O4/c1-3-16-10(14)12-6-4-5-8(7-12)9(13)11-15-2/h8H,3-7H2,1-2H3,(H,11,13)/t8-/m0/s1. The number of hydrogen-bond donors (Lipinski definition) is 1. The first-order valence-corrected chi connectivity index (χ1v) is 5.43. The van der Waals surface area contributed by atoms with Crippen molar-refractivity contribution in [3.8, 4) is 0 Å². The molecule has 92 valence electrons. The van der Waals surface area contributed by atoms with Crippen molar-refractivity contribution >= 4 is 12.0 Å². The molecule has 1 fully saturated rings. The minimum Gasteiger partial charge on any atom is -0.450 e. The van der Waals surface area contributed by atoms with Crippen LogP contribution in [0.15, 0.2) is 0 Å². The van der Waals surface area contributed by atoms with Crippen LogP contribution >= 0.6 is 0 Å².